The van der Waals surface area contributed by atoms with Crippen molar-refractivity contribution in [3.8, 4) is 5.75 Å². The summed E-state index contributed by atoms with van der Waals surface area (Å²) in [5.41, 5.74) is 0.562. The van der Waals surface area contributed by atoms with Gasteiger partial charge in [-0.15, -0.1) is 0 Å². The van der Waals surface area contributed by atoms with Crippen molar-refractivity contribution in [1.29, 1.82) is 0 Å². The van der Waals surface area contributed by atoms with Crippen molar-refractivity contribution < 1.29 is 23.6 Å². The highest BCUT2D eigenvalue weighted by atomic mass is 32.2. The predicted octanol–water partition coefficient (Wildman–Crippen LogP) is 2.83. The lowest BCUT2D eigenvalue weighted by Crippen LogP contribution is -2.18. The molecule has 0 aromatic heterocycles. The molecule has 0 radical (unpaired) electrons. The molecule has 1 unspecified atom stereocenters. The van der Waals surface area contributed by atoms with Gasteiger partial charge in [0, 0.05) is 6.07 Å². The van der Waals surface area contributed by atoms with E-state index in [1.165, 1.54) is 0 Å². The number of nitro groups is 2. The van der Waals surface area contributed by atoms with Crippen LogP contribution in [-0.4, -0.2) is 25.8 Å². The van der Waals surface area contributed by atoms with Gasteiger partial charge in [0.1, 0.15) is 16.4 Å². The Labute approximate surface area is 150 Å². The van der Waals surface area contributed by atoms with Gasteiger partial charge in [0.05, 0.1) is 26.7 Å². The van der Waals surface area contributed by atoms with Crippen LogP contribution in [0.2, 0.25) is 0 Å². The number of aryl methyl sites for hydroxylation is 2. The highest BCUT2D eigenvalue weighted by Crippen LogP contribution is 2.27. The molecule has 0 aliphatic rings. The maximum atomic E-state index is 12.3. The van der Waals surface area contributed by atoms with Gasteiger partial charge in [-0.2, -0.15) is 0 Å². The third kappa shape index (κ3) is 4.70. The van der Waals surface area contributed by atoms with Crippen LogP contribution in [0.3, 0.4) is 0 Å². The van der Waals surface area contributed by atoms with Crippen molar-refractivity contribution in [1.82, 2.24) is 0 Å². The number of ether oxygens (including phenoxy) is 1. The summed E-state index contributed by atoms with van der Waals surface area (Å²) in [4.78, 5) is 31.8. The van der Waals surface area contributed by atoms with Crippen LogP contribution < -0.4 is 4.74 Å². The third-order valence-corrected chi connectivity index (χ3v) is 4.60. The molecule has 26 heavy (non-hydrogen) atoms. The molecule has 0 spiro atoms. The topological polar surface area (TPSA) is 130 Å². The molecule has 0 saturated carbocycles. The number of non-ortho nitro benzene ring substituents is 1. The summed E-state index contributed by atoms with van der Waals surface area (Å²) in [6.45, 7) is 3.64. The van der Waals surface area contributed by atoms with E-state index in [1.54, 1.807) is 12.1 Å². The Morgan fingerprint density at radius 2 is 1.65 bits per heavy atom. The van der Waals surface area contributed by atoms with E-state index in [0.29, 0.717) is 6.07 Å². The smallest absolute Gasteiger partial charge is 0.324 e. The fourth-order valence-corrected chi connectivity index (χ4v) is 3.31. The van der Waals surface area contributed by atoms with Gasteiger partial charge in [-0.3, -0.25) is 29.2 Å². The third-order valence-electron chi connectivity index (χ3n) is 3.27. The van der Waals surface area contributed by atoms with Gasteiger partial charge in [0.25, 0.3) is 11.4 Å². The van der Waals surface area contributed by atoms with Crippen LogP contribution in [0.5, 0.6) is 5.75 Å². The fraction of sp³-hybridized carbons (Fsp3) is 0.188. The summed E-state index contributed by atoms with van der Waals surface area (Å²) >= 11 is 0. The summed E-state index contributed by atoms with van der Waals surface area (Å²) in [5, 5.41) is 21.8. The minimum atomic E-state index is -2.09. The Morgan fingerprint density at radius 1 is 1.04 bits per heavy atom. The number of esters is 1. The van der Waals surface area contributed by atoms with Crippen molar-refractivity contribution in [2.24, 2.45) is 0 Å². The second-order valence-corrected chi connectivity index (χ2v) is 6.87. The molecule has 9 nitrogen and oxygen atoms in total. The molecule has 2 rings (SSSR count). The van der Waals surface area contributed by atoms with Crippen molar-refractivity contribution in [2.75, 3.05) is 5.75 Å². The molecule has 0 heterocycles. The van der Waals surface area contributed by atoms with Crippen LogP contribution in [0, 0.1) is 34.1 Å². The Balaban J connectivity index is 2.19. The highest BCUT2D eigenvalue weighted by molar-refractivity contribution is 7.85. The average molecular weight is 378 g/mol. The van der Waals surface area contributed by atoms with Gasteiger partial charge in [0.15, 0.2) is 0 Å². The molecule has 1 atom stereocenters. The lowest BCUT2D eigenvalue weighted by molar-refractivity contribution is -0.396. The molecule has 0 aliphatic heterocycles. The first kappa shape index (κ1) is 19.2. The Bertz CT molecular complexity index is 907. The minimum Gasteiger partial charge on any atom is -0.426 e. The minimum absolute atomic E-state index is 0.280. The molecule has 0 aliphatic carbocycles. The second-order valence-electron chi connectivity index (χ2n) is 5.45. The van der Waals surface area contributed by atoms with Gasteiger partial charge in [-0.05, 0) is 43.2 Å². The summed E-state index contributed by atoms with van der Waals surface area (Å²) < 4.78 is 17.4. The fourth-order valence-electron chi connectivity index (χ4n) is 2.29. The molecule has 10 heteroatoms. The zero-order chi connectivity index (χ0) is 19.4. The van der Waals surface area contributed by atoms with E-state index in [1.807, 2.05) is 19.9 Å². The van der Waals surface area contributed by atoms with Crippen LogP contribution in [-0.2, 0) is 15.6 Å². The van der Waals surface area contributed by atoms with Crippen LogP contribution in [0.15, 0.2) is 41.3 Å². The summed E-state index contributed by atoms with van der Waals surface area (Å²) in [6, 6.07) is 7.86. The molecule has 0 N–H and O–H groups in total. The van der Waals surface area contributed by atoms with E-state index in [2.05, 4.69) is 0 Å². The summed E-state index contributed by atoms with van der Waals surface area (Å²) in [7, 11) is -2.09. The normalized spacial score (nSPS) is 11.6. The molecule has 0 saturated heterocycles. The summed E-state index contributed by atoms with van der Waals surface area (Å²) in [6.07, 6.45) is 0. The zero-order valence-corrected chi connectivity index (χ0v) is 14.6. The van der Waals surface area contributed by atoms with Gasteiger partial charge in [0.2, 0.25) is 0 Å². The first-order valence-electron chi connectivity index (χ1n) is 7.27. The van der Waals surface area contributed by atoms with Gasteiger partial charge < -0.3 is 4.74 Å². The van der Waals surface area contributed by atoms with Crippen molar-refractivity contribution in [3.05, 3.63) is 67.8 Å². The number of carbonyl (C=O) groups is 1. The number of nitrogens with zero attached hydrogens (tertiary/aromatic N) is 2. The van der Waals surface area contributed by atoms with Gasteiger partial charge in [-0.25, -0.2) is 0 Å². The average Bonchev–Trinajstić information content (AvgIpc) is 2.52. The monoisotopic (exact) mass is 378 g/mol. The van der Waals surface area contributed by atoms with Gasteiger partial charge >= 0.3 is 5.97 Å². The Kier molecular flexibility index (Phi) is 5.78. The number of nitro benzene ring substituents is 2. The Morgan fingerprint density at radius 3 is 2.19 bits per heavy atom. The van der Waals surface area contributed by atoms with E-state index < -0.39 is 43.7 Å². The number of carbonyl (C=O) groups excluding carboxylic acids is 1. The molecular formula is C16H14N2O7S. The van der Waals surface area contributed by atoms with Crippen LogP contribution in [0.1, 0.15) is 11.1 Å². The van der Waals surface area contributed by atoms with Crippen LogP contribution >= 0.6 is 0 Å². The van der Waals surface area contributed by atoms with E-state index in [4.69, 9.17) is 4.74 Å². The molecule has 136 valence electrons. The van der Waals surface area contributed by atoms with Crippen LogP contribution in [0.4, 0.5) is 11.4 Å². The van der Waals surface area contributed by atoms with E-state index in [0.717, 1.165) is 23.3 Å². The Hall–Kier alpha value is -3.14. The predicted molar refractivity (Wildman–Crippen MR) is 92.6 cm³/mol. The molecule has 2 aromatic carbocycles. The lowest BCUT2D eigenvalue weighted by atomic mass is 10.1. The van der Waals surface area contributed by atoms with Crippen molar-refractivity contribution >= 4 is 28.1 Å². The maximum Gasteiger partial charge on any atom is 0.324 e. The molecular weight excluding hydrogens is 364 g/mol. The zero-order valence-electron chi connectivity index (χ0n) is 13.8. The number of rotatable bonds is 6. The SMILES string of the molecule is Cc1cc(C)cc(OC(=O)CS(=O)c2ccc([N+](=O)[O-])cc2[N+](=O)[O-])c1. The van der Waals surface area contributed by atoms with Crippen molar-refractivity contribution in [3.63, 3.8) is 0 Å². The lowest BCUT2D eigenvalue weighted by Gasteiger charge is -2.07. The van der Waals surface area contributed by atoms with Crippen molar-refractivity contribution in [2.45, 2.75) is 18.7 Å². The molecule has 0 fully saturated rings. The molecule has 0 amide bonds. The van der Waals surface area contributed by atoms with E-state index in [-0.39, 0.29) is 10.6 Å². The quantitative estimate of drug-likeness (QED) is 0.327. The van der Waals surface area contributed by atoms with E-state index >= 15 is 0 Å². The second kappa shape index (κ2) is 7.83. The number of hydrogen-bond donors (Lipinski definition) is 0. The van der Waals surface area contributed by atoms with Gasteiger partial charge in [-0.1, -0.05) is 6.07 Å². The maximum absolute atomic E-state index is 12.3. The first-order valence-corrected chi connectivity index (χ1v) is 8.59. The van der Waals surface area contributed by atoms with Crippen LogP contribution in [0.25, 0.3) is 0 Å². The molecule has 2 aromatic rings. The number of hydrogen-bond acceptors (Lipinski definition) is 7. The summed E-state index contributed by atoms with van der Waals surface area (Å²) in [5.74, 6) is -1.17. The van der Waals surface area contributed by atoms with E-state index in [9.17, 15) is 29.2 Å². The molecule has 0 bridgehead atoms. The largest absolute Gasteiger partial charge is 0.426 e. The highest BCUT2D eigenvalue weighted by Gasteiger charge is 2.25. The first-order chi connectivity index (χ1) is 12.2. The standard InChI is InChI=1S/C16H14N2O7S/c1-10-5-11(2)7-13(6-10)25-16(19)9-26(24)15-4-3-12(17(20)21)8-14(15)18(22)23/h3-8H,9H2,1-2H3. The number of benzene rings is 2.